The minimum atomic E-state index is -0.510. The third-order valence-corrected chi connectivity index (χ3v) is 4.81. The summed E-state index contributed by atoms with van der Waals surface area (Å²) in [6.07, 6.45) is 8.76. The van der Waals surface area contributed by atoms with E-state index in [2.05, 4.69) is 15.7 Å². The summed E-state index contributed by atoms with van der Waals surface area (Å²) >= 11 is 0. The number of aryl methyl sites for hydroxylation is 2. The van der Waals surface area contributed by atoms with E-state index in [1.807, 2.05) is 13.1 Å². The number of nitrogens with zero attached hydrogens (tertiary/aromatic N) is 2. The van der Waals surface area contributed by atoms with Gasteiger partial charge in [0.25, 0.3) is 0 Å². The first-order valence-corrected chi connectivity index (χ1v) is 9.40. The van der Waals surface area contributed by atoms with Crippen molar-refractivity contribution in [2.45, 2.75) is 52.0 Å². The molecule has 7 heteroatoms. The Hall–Kier alpha value is -2.70. The number of amides is 2. The zero-order valence-electron chi connectivity index (χ0n) is 15.5. The maximum atomic E-state index is 14.1. The molecule has 0 aliphatic heterocycles. The summed E-state index contributed by atoms with van der Waals surface area (Å²) in [5, 5.41) is 9.55. The van der Waals surface area contributed by atoms with Crippen molar-refractivity contribution in [1.82, 2.24) is 9.78 Å². The lowest BCUT2D eigenvalue weighted by molar-refractivity contribution is -0.120. The molecule has 6 nitrogen and oxygen atoms in total. The van der Waals surface area contributed by atoms with Crippen molar-refractivity contribution in [2.75, 3.05) is 10.6 Å². The molecule has 144 valence electrons. The van der Waals surface area contributed by atoms with Crippen molar-refractivity contribution in [1.29, 1.82) is 0 Å². The molecule has 0 spiro atoms. The molecule has 1 heterocycles. The lowest BCUT2D eigenvalue weighted by Crippen LogP contribution is -2.25. The second kappa shape index (κ2) is 8.79. The van der Waals surface area contributed by atoms with Gasteiger partial charge in [0, 0.05) is 30.8 Å². The molecule has 1 aromatic carbocycles. The fourth-order valence-corrected chi connectivity index (χ4v) is 3.33. The minimum absolute atomic E-state index is 0.0612. The summed E-state index contributed by atoms with van der Waals surface area (Å²) in [6.45, 7) is 2.40. The molecule has 0 bridgehead atoms. The number of rotatable bonds is 6. The van der Waals surface area contributed by atoms with Crippen LogP contribution in [-0.2, 0) is 16.1 Å². The molecular formula is C20H25FN4O2. The molecule has 1 fully saturated rings. The maximum Gasteiger partial charge on any atom is 0.227 e. The van der Waals surface area contributed by atoms with E-state index in [0.717, 1.165) is 37.7 Å². The molecule has 2 N–H and O–H groups in total. The number of nitrogens with one attached hydrogen (secondary N) is 2. The Bertz CT molecular complexity index is 812. The highest BCUT2D eigenvalue weighted by Crippen LogP contribution is 2.26. The number of aromatic nitrogens is 2. The van der Waals surface area contributed by atoms with Crippen LogP contribution >= 0.6 is 0 Å². The van der Waals surface area contributed by atoms with Gasteiger partial charge in [-0.1, -0.05) is 19.3 Å². The summed E-state index contributed by atoms with van der Waals surface area (Å²) in [5.41, 5.74) is 1.59. The van der Waals surface area contributed by atoms with E-state index in [4.69, 9.17) is 0 Å². The van der Waals surface area contributed by atoms with Crippen molar-refractivity contribution >= 4 is 23.2 Å². The number of hydrogen-bond acceptors (Lipinski definition) is 3. The SMILES string of the molecule is Cc1cnn(CCC(=O)Nc2ccc(F)c(NC(=O)C3CCCCC3)c2)c1. The zero-order valence-corrected chi connectivity index (χ0v) is 15.5. The Morgan fingerprint density at radius 1 is 1.22 bits per heavy atom. The Labute approximate surface area is 158 Å². The van der Waals surface area contributed by atoms with Crippen LogP contribution in [0.1, 0.15) is 44.1 Å². The van der Waals surface area contributed by atoms with Gasteiger partial charge in [-0.3, -0.25) is 14.3 Å². The van der Waals surface area contributed by atoms with Crippen LogP contribution in [-0.4, -0.2) is 21.6 Å². The Balaban J connectivity index is 1.57. The van der Waals surface area contributed by atoms with Crippen molar-refractivity contribution in [3.8, 4) is 0 Å². The number of benzene rings is 1. The Morgan fingerprint density at radius 3 is 2.70 bits per heavy atom. The molecule has 1 aliphatic rings. The number of carbonyl (C=O) groups excluding carboxylic acids is 2. The highest BCUT2D eigenvalue weighted by Gasteiger charge is 2.22. The molecule has 1 aromatic heterocycles. The largest absolute Gasteiger partial charge is 0.326 e. The number of halogens is 1. The standard InChI is InChI=1S/C20H25FN4O2/c1-14-12-22-25(13-14)10-9-19(26)23-16-7-8-17(21)18(11-16)24-20(27)15-5-3-2-4-6-15/h7-8,11-13,15H,2-6,9-10H2,1H3,(H,23,26)(H,24,27). The molecule has 0 atom stereocenters. The quantitative estimate of drug-likeness (QED) is 0.808. The first-order chi connectivity index (χ1) is 13.0. The summed E-state index contributed by atoms with van der Waals surface area (Å²) in [6, 6.07) is 4.20. The first-order valence-electron chi connectivity index (χ1n) is 9.40. The van der Waals surface area contributed by atoms with E-state index in [0.29, 0.717) is 12.2 Å². The second-order valence-corrected chi connectivity index (χ2v) is 7.10. The van der Waals surface area contributed by atoms with Crippen molar-refractivity contribution in [3.05, 3.63) is 42.0 Å². The van der Waals surface area contributed by atoms with E-state index >= 15 is 0 Å². The lowest BCUT2D eigenvalue weighted by Gasteiger charge is -2.21. The van der Waals surface area contributed by atoms with Gasteiger partial charge in [0.2, 0.25) is 11.8 Å². The maximum absolute atomic E-state index is 14.1. The van der Waals surface area contributed by atoms with Crippen LogP contribution in [0.5, 0.6) is 0 Å². The van der Waals surface area contributed by atoms with Crippen LogP contribution in [0.25, 0.3) is 0 Å². The predicted molar refractivity (Wildman–Crippen MR) is 102 cm³/mol. The normalized spacial score (nSPS) is 14.7. The minimum Gasteiger partial charge on any atom is -0.326 e. The highest BCUT2D eigenvalue weighted by atomic mass is 19.1. The van der Waals surface area contributed by atoms with Gasteiger partial charge < -0.3 is 10.6 Å². The van der Waals surface area contributed by atoms with Crippen LogP contribution in [0.2, 0.25) is 0 Å². The molecule has 0 saturated heterocycles. The van der Waals surface area contributed by atoms with Crippen molar-refractivity contribution in [2.24, 2.45) is 5.92 Å². The van der Waals surface area contributed by atoms with E-state index in [9.17, 15) is 14.0 Å². The molecule has 2 amide bonds. The zero-order chi connectivity index (χ0) is 19.2. The summed E-state index contributed by atoms with van der Waals surface area (Å²) in [4.78, 5) is 24.5. The first kappa shape index (κ1) is 19.1. The number of carbonyl (C=O) groups is 2. The van der Waals surface area contributed by atoms with E-state index < -0.39 is 5.82 Å². The van der Waals surface area contributed by atoms with Gasteiger partial charge in [-0.25, -0.2) is 4.39 Å². The van der Waals surface area contributed by atoms with Gasteiger partial charge in [0.05, 0.1) is 11.9 Å². The highest BCUT2D eigenvalue weighted by molar-refractivity contribution is 5.95. The van der Waals surface area contributed by atoms with Gasteiger partial charge in [-0.2, -0.15) is 5.10 Å². The molecule has 1 aliphatic carbocycles. The average molecular weight is 372 g/mol. The Morgan fingerprint density at radius 2 is 2.00 bits per heavy atom. The van der Waals surface area contributed by atoms with Crippen molar-refractivity contribution < 1.29 is 14.0 Å². The number of hydrogen-bond donors (Lipinski definition) is 2. The molecule has 0 radical (unpaired) electrons. The summed E-state index contributed by atoms with van der Waals surface area (Å²) in [7, 11) is 0. The average Bonchev–Trinajstić information content (AvgIpc) is 3.09. The summed E-state index contributed by atoms with van der Waals surface area (Å²) in [5.74, 6) is -0.913. The van der Waals surface area contributed by atoms with Crippen LogP contribution in [0.15, 0.2) is 30.6 Å². The molecule has 0 unspecified atom stereocenters. The van der Waals surface area contributed by atoms with Crippen LogP contribution < -0.4 is 10.6 Å². The molecule has 1 saturated carbocycles. The van der Waals surface area contributed by atoms with Gasteiger partial charge >= 0.3 is 0 Å². The Kier molecular flexibility index (Phi) is 6.21. The van der Waals surface area contributed by atoms with Crippen LogP contribution in [0, 0.1) is 18.7 Å². The third-order valence-electron chi connectivity index (χ3n) is 4.81. The van der Waals surface area contributed by atoms with E-state index in [-0.39, 0.29) is 29.8 Å². The molecular weight excluding hydrogens is 347 g/mol. The molecule has 2 aromatic rings. The van der Waals surface area contributed by atoms with E-state index in [1.54, 1.807) is 10.9 Å². The van der Waals surface area contributed by atoms with Gasteiger partial charge in [0.15, 0.2) is 0 Å². The summed E-state index contributed by atoms with van der Waals surface area (Å²) < 4.78 is 15.8. The fraction of sp³-hybridized carbons (Fsp3) is 0.450. The fourth-order valence-electron chi connectivity index (χ4n) is 3.33. The third kappa shape index (κ3) is 5.39. The monoisotopic (exact) mass is 372 g/mol. The predicted octanol–water partition coefficient (Wildman–Crippen LogP) is 3.88. The van der Waals surface area contributed by atoms with Gasteiger partial charge in [0.1, 0.15) is 5.82 Å². The second-order valence-electron chi connectivity index (χ2n) is 7.10. The van der Waals surface area contributed by atoms with Crippen molar-refractivity contribution in [3.63, 3.8) is 0 Å². The van der Waals surface area contributed by atoms with Gasteiger partial charge in [-0.05, 0) is 43.5 Å². The molecule has 3 rings (SSSR count). The number of anilines is 2. The topological polar surface area (TPSA) is 76.0 Å². The molecule has 27 heavy (non-hydrogen) atoms. The van der Waals surface area contributed by atoms with E-state index in [1.165, 1.54) is 18.2 Å². The van der Waals surface area contributed by atoms with Crippen LogP contribution in [0.4, 0.5) is 15.8 Å². The van der Waals surface area contributed by atoms with Crippen LogP contribution in [0.3, 0.4) is 0 Å². The lowest BCUT2D eigenvalue weighted by atomic mass is 9.88. The smallest absolute Gasteiger partial charge is 0.227 e. The van der Waals surface area contributed by atoms with Gasteiger partial charge in [-0.15, -0.1) is 0 Å².